The number of carbonyl (C=O) groups excluding carboxylic acids is 2. The molecule has 2 rings (SSSR count). The number of nitrogens with one attached hydrogen (secondary N) is 2. The molecule has 1 saturated carbocycles. The number of carbonyl (C=O) groups is 2. The summed E-state index contributed by atoms with van der Waals surface area (Å²) in [5.41, 5.74) is 0.0723. The van der Waals surface area contributed by atoms with Crippen molar-refractivity contribution < 1.29 is 24.4 Å². The third-order valence-corrected chi connectivity index (χ3v) is 3.72. The molecule has 0 aromatic carbocycles. The lowest BCUT2D eigenvalue weighted by molar-refractivity contribution is -0.124. The van der Waals surface area contributed by atoms with Crippen LogP contribution in [0, 0.1) is 5.92 Å². The number of ether oxygens (including phenoxy) is 1. The van der Waals surface area contributed by atoms with Crippen molar-refractivity contribution in [3.05, 3.63) is 24.3 Å². The third kappa shape index (κ3) is 5.55. The fraction of sp³-hybridized carbons (Fsp3) is 0.571. The van der Waals surface area contributed by atoms with Crippen molar-refractivity contribution >= 4 is 18.9 Å². The number of amides is 2. The van der Waals surface area contributed by atoms with E-state index in [1.165, 1.54) is 25.7 Å². The molecule has 0 spiro atoms. The molecule has 0 unspecified atom stereocenters. The van der Waals surface area contributed by atoms with Crippen LogP contribution in [0.3, 0.4) is 0 Å². The fourth-order valence-corrected chi connectivity index (χ4v) is 2.25. The molecule has 4 N–H and O–H groups in total. The average molecular weight is 336 g/mol. The number of rotatable bonds is 9. The Morgan fingerprint density at radius 3 is 2.67 bits per heavy atom. The van der Waals surface area contributed by atoms with Gasteiger partial charge in [-0.05, 0) is 12.3 Å². The third-order valence-electron chi connectivity index (χ3n) is 3.72. The number of hydrogen-bond acceptors (Lipinski definition) is 7. The van der Waals surface area contributed by atoms with Crippen LogP contribution in [0.25, 0.3) is 0 Å². The summed E-state index contributed by atoms with van der Waals surface area (Å²) in [5, 5.41) is 23.9. The molecule has 9 nitrogen and oxygen atoms in total. The van der Waals surface area contributed by atoms with Gasteiger partial charge < -0.3 is 25.4 Å². The van der Waals surface area contributed by atoms with Gasteiger partial charge in [0.1, 0.15) is 11.7 Å². The largest absolute Gasteiger partial charge is 0.475 e. The van der Waals surface area contributed by atoms with Crippen LogP contribution in [0.5, 0.6) is 0 Å². The monoisotopic (exact) mass is 336 g/mol. The van der Waals surface area contributed by atoms with Crippen molar-refractivity contribution in [1.82, 2.24) is 20.6 Å². The van der Waals surface area contributed by atoms with Gasteiger partial charge in [0, 0.05) is 19.5 Å². The molecule has 130 valence electrons. The second kappa shape index (κ2) is 8.72. The summed E-state index contributed by atoms with van der Waals surface area (Å²) in [6, 6.07) is -0.982. The Balaban J connectivity index is 1.97. The van der Waals surface area contributed by atoms with Crippen LogP contribution in [0.15, 0.2) is 18.6 Å². The average Bonchev–Trinajstić information content (AvgIpc) is 3.38. The predicted octanol–water partition coefficient (Wildman–Crippen LogP) is -1.48. The quantitative estimate of drug-likeness (QED) is 0.404. The first-order valence-corrected chi connectivity index (χ1v) is 7.73. The topological polar surface area (TPSA) is 134 Å². The maximum absolute atomic E-state index is 12.4. The maximum Gasteiger partial charge on any atom is 0.475 e. The summed E-state index contributed by atoms with van der Waals surface area (Å²) in [6.45, 7) is -0.0600. The summed E-state index contributed by atoms with van der Waals surface area (Å²) < 4.78 is 4.96. The van der Waals surface area contributed by atoms with Gasteiger partial charge >= 0.3 is 7.12 Å². The lowest BCUT2D eigenvalue weighted by atomic mass is 9.76. The second-order valence-electron chi connectivity index (χ2n) is 5.78. The van der Waals surface area contributed by atoms with Gasteiger partial charge in [-0.15, -0.1) is 0 Å². The molecule has 1 aliphatic rings. The molecular weight excluding hydrogens is 315 g/mol. The number of hydrogen-bond donors (Lipinski definition) is 4. The van der Waals surface area contributed by atoms with Gasteiger partial charge in [-0.25, -0.2) is 4.98 Å². The van der Waals surface area contributed by atoms with Gasteiger partial charge in [0.05, 0.1) is 18.7 Å². The van der Waals surface area contributed by atoms with Crippen LogP contribution >= 0.6 is 0 Å². The van der Waals surface area contributed by atoms with Crippen LogP contribution in [0.1, 0.15) is 29.8 Å². The standard InChI is InChI=1S/C14H21BN4O5/c1-24-8-11(18-13(20)10-7-16-4-5-17-10)14(21)19-12(15(22)23)6-9-2-3-9/h4-5,7,9,11-12,22-23H,2-3,6,8H2,1H3,(H,18,20)(H,19,21)/t11-,12+/m1/s1. The van der Waals surface area contributed by atoms with E-state index in [-0.39, 0.29) is 12.3 Å². The zero-order chi connectivity index (χ0) is 17.5. The zero-order valence-corrected chi connectivity index (χ0v) is 13.4. The Morgan fingerprint density at radius 2 is 2.12 bits per heavy atom. The molecular formula is C14H21BN4O5. The molecule has 1 fully saturated rings. The molecule has 0 radical (unpaired) electrons. The lowest BCUT2D eigenvalue weighted by Crippen LogP contribution is -2.55. The van der Waals surface area contributed by atoms with E-state index < -0.39 is 30.9 Å². The van der Waals surface area contributed by atoms with Gasteiger partial charge in [-0.3, -0.25) is 14.6 Å². The summed E-state index contributed by atoms with van der Waals surface area (Å²) in [6.07, 6.45) is 6.61. The van der Waals surface area contributed by atoms with Crippen molar-refractivity contribution in [1.29, 1.82) is 0 Å². The minimum absolute atomic E-state index is 0.0600. The van der Waals surface area contributed by atoms with Crippen molar-refractivity contribution in [3.8, 4) is 0 Å². The van der Waals surface area contributed by atoms with E-state index in [0.717, 1.165) is 12.8 Å². The van der Waals surface area contributed by atoms with Crippen molar-refractivity contribution in [2.75, 3.05) is 13.7 Å². The van der Waals surface area contributed by atoms with Crippen molar-refractivity contribution in [2.24, 2.45) is 5.92 Å². The van der Waals surface area contributed by atoms with Crippen LogP contribution < -0.4 is 10.6 Å². The Kier molecular flexibility index (Phi) is 6.65. The van der Waals surface area contributed by atoms with Gasteiger partial charge in [0.2, 0.25) is 5.91 Å². The zero-order valence-electron chi connectivity index (χ0n) is 13.4. The predicted molar refractivity (Wildman–Crippen MR) is 84.6 cm³/mol. The Hall–Kier alpha value is -2.04. The minimum Gasteiger partial charge on any atom is -0.426 e. The SMILES string of the molecule is COC[C@@H](NC(=O)c1cnccn1)C(=O)N[C@@H](CC1CC1)B(O)O. The molecule has 10 heteroatoms. The molecule has 2 atom stereocenters. The van der Waals surface area contributed by atoms with Crippen molar-refractivity contribution in [2.45, 2.75) is 31.2 Å². The smallest absolute Gasteiger partial charge is 0.426 e. The lowest BCUT2D eigenvalue weighted by Gasteiger charge is -2.22. The summed E-state index contributed by atoms with van der Waals surface area (Å²) in [5.74, 6) is -1.50. The normalized spacial score (nSPS) is 16.1. The Morgan fingerprint density at radius 1 is 1.38 bits per heavy atom. The van der Waals surface area contributed by atoms with E-state index >= 15 is 0 Å². The van der Waals surface area contributed by atoms with Gasteiger partial charge in [-0.1, -0.05) is 12.8 Å². The molecule has 1 aromatic rings. The van der Waals surface area contributed by atoms with Gasteiger partial charge in [-0.2, -0.15) is 0 Å². The Labute approximate surface area is 140 Å². The summed E-state index contributed by atoms with van der Waals surface area (Å²) >= 11 is 0. The first kappa shape index (κ1) is 18.3. The van der Waals surface area contributed by atoms with Crippen LogP contribution in [-0.2, 0) is 9.53 Å². The number of methoxy groups -OCH3 is 1. The van der Waals surface area contributed by atoms with Crippen LogP contribution in [0.2, 0.25) is 0 Å². The van der Waals surface area contributed by atoms with E-state index in [0.29, 0.717) is 12.3 Å². The Bertz CT molecular complexity index is 555. The van der Waals surface area contributed by atoms with E-state index in [4.69, 9.17) is 4.74 Å². The fourth-order valence-electron chi connectivity index (χ4n) is 2.25. The van der Waals surface area contributed by atoms with Crippen molar-refractivity contribution in [3.63, 3.8) is 0 Å². The van der Waals surface area contributed by atoms with E-state index in [9.17, 15) is 19.6 Å². The summed E-state index contributed by atoms with van der Waals surface area (Å²) in [7, 11) is -0.259. The maximum atomic E-state index is 12.4. The van der Waals surface area contributed by atoms with Crippen LogP contribution in [0.4, 0.5) is 0 Å². The minimum atomic E-state index is -1.66. The molecule has 0 aliphatic heterocycles. The highest BCUT2D eigenvalue weighted by atomic mass is 16.5. The highest BCUT2D eigenvalue weighted by molar-refractivity contribution is 6.43. The van der Waals surface area contributed by atoms with Gasteiger partial charge in [0.25, 0.3) is 5.91 Å². The van der Waals surface area contributed by atoms with E-state index in [1.54, 1.807) is 0 Å². The van der Waals surface area contributed by atoms with Crippen LogP contribution in [-0.4, -0.2) is 64.6 Å². The molecule has 0 bridgehead atoms. The van der Waals surface area contributed by atoms with Gasteiger partial charge in [0.15, 0.2) is 0 Å². The highest BCUT2D eigenvalue weighted by Crippen LogP contribution is 2.33. The first-order valence-electron chi connectivity index (χ1n) is 7.73. The molecule has 1 heterocycles. The molecule has 1 aliphatic carbocycles. The molecule has 1 aromatic heterocycles. The number of aromatic nitrogens is 2. The molecule has 0 saturated heterocycles. The molecule has 2 amide bonds. The second-order valence-corrected chi connectivity index (χ2v) is 5.78. The summed E-state index contributed by atoms with van der Waals surface area (Å²) in [4.78, 5) is 32.1. The highest BCUT2D eigenvalue weighted by Gasteiger charge is 2.34. The number of nitrogens with zero attached hydrogens (tertiary/aromatic N) is 2. The molecule has 24 heavy (non-hydrogen) atoms. The first-order chi connectivity index (χ1) is 11.5. The van der Waals surface area contributed by atoms with E-state index in [2.05, 4.69) is 20.6 Å². The van der Waals surface area contributed by atoms with E-state index in [1.807, 2.05) is 0 Å².